The van der Waals surface area contributed by atoms with Crippen LogP contribution in [0, 0.1) is 0 Å². The number of aromatic nitrogens is 2. The number of carbonyl (C=O) groups is 1. The maximum absolute atomic E-state index is 12.2. The minimum atomic E-state index is 0.0614. The van der Waals surface area contributed by atoms with E-state index in [1.165, 1.54) is 5.56 Å². The number of hydrogen-bond donors (Lipinski definition) is 1. The van der Waals surface area contributed by atoms with E-state index in [9.17, 15) is 4.79 Å². The minimum Gasteiger partial charge on any atom is -0.355 e. The highest BCUT2D eigenvalue weighted by molar-refractivity contribution is 7.07. The van der Waals surface area contributed by atoms with Crippen molar-refractivity contribution in [3.8, 4) is 0 Å². The summed E-state index contributed by atoms with van der Waals surface area (Å²) in [5.74, 6) is 1.43. The van der Waals surface area contributed by atoms with Crippen molar-refractivity contribution in [1.82, 2.24) is 20.4 Å². The summed E-state index contributed by atoms with van der Waals surface area (Å²) in [5.41, 5.74) is 1.27. The Labute approximate surface area is 139 Å². The number of aryl methyl sites for hydroxylation is 1. The molecule has 2 aromatic heterocycles. The highest BCUT2D eigenvalue weighted by Crippen LogP contribution is 2.29. The molecule has 7 heteroatoms. The monoisotopic (exact) mass is 334 g/mol. The molecule has 1 atom stereocenters. The third-order valence-corrected chi connectivity index (χ3v) is 4.84. The van der Waals surface area contributed by atoms with Crippen molar-refractivity contribution in [2.45, 2.75) is 38.6 Å². The number of amides is 1. The van der Waals surface area contributed by atoms with Crippen LogP contribution in [-0.4, -0.2) is 40.6 Å². The summed E-state index contributed by atoms with van der Waals surface area (Å²) in [6.45, 7) is 3.96. The SMILES string of the molecule is CCc1nc([C@H]2CCCN2CC(=O)NCCc2ccsc2)no1. The normalized spacial score (nSPS) is 18.4. The van der Waals surface area contributed by atoms with E-state index in [1.807, 2.05) is 6.92 Å². The molecule has 0 bridgehead atoms. The van der Waals surface area contributed by atoms with Gasteiger partial charge < -0.3 is 9.84 Å². The highest BCUT2D eigenvalue weighted by atomic mass is 32.1. The van der Waals surface area contributed by atoms with Gasteiger partial charge in [0, 0.05) is 13.0 Å². The van der Waals surface area contributed by atoms with Crippen molar-refractivity contribution in [3.05, 3.63) is 34.1 Å². The van der Waals surface area contributed by atoms with E-state index in [1.54, 1.807) is 11.3 Å². The second-order valence-corrected chi connectivity index (χ2v) is 6.54. The Morgan fingerprint density at radius 1 is 1.57 bits per heavy atom. The topological polar surface area (TPSA) is 71.3 Å². The van der Waals surface area contributed by atoms with Gasteiger partial charge >= 0.3 is 0 Å². The molecule has 0 saturated carbocycles. The summed E-state index contributed by atoms with van der Waals surface area (Å²) in [4.78, 5) is 18.7. The molecular formula is C16H22N4O2S. The number of hydrogen-bond acceptors (Lipinski definition) is 6. The van der Waals surface area contributed by atoms with Gasteiger partial charge in [-0.3, -0.25) is 9.69 Å². The standard InChI is InChI=1S/C16H22N4O2S/c1-2-15-18-16(19-22-15)13-4-3-8-20(13)10-14(21)17-7-5-12-6-9-23-11-12/h6,9,11,13H,2-5,7-8,10H2,1H3,(H,17,21)/t13-/m1/s1. The first kappa shape index (κ1) is 16.1. The maximum atomic E-state index is 12.2. The van der Waals surface area contributed by atoms with Gasteiger partial charge in [-0.15, -0.1) is 0 Å². The van der Waals surface area contributed by atoms with E-state index in [2.05, 4.69) is 37.2 Å². The van der Waals surface area contributed by atoms with Gasteiger partial charge in [0.05, 0.1) is 12.6 Å². The smallest absolute Gasteiger partial charge is 0.234 e. The second-order valence-electron chi connectivity index (χ2n) is 5.76. The Balaban J connectivity index is 1.48. The Bertz CT molecular complexity index is 626. The number of likely N-dealkylation sites (tertiary alicyclic amines) is 1. The van der Waals surface area contributed by atoms with Gasteiger partial charge in [-0.2, -0.15) is 16.3 Å². The van der Waals surface area contributed by atoms with Crippen molar-refractivity contribution >= 4 is 17.2 Å². The zero-order valence-corrected chi connectivity index (χ0v) is 14.1. The molecule has 0 spiro atoms. The van der Waals surface area contributed by atoms with Crippen LogP contribution in [0.4, 0.5) is 0 Å². The van der Waals surface area contributed by atoms with Gasteiger partial charge in [0.25, 0.3) is 0 Å². The molecule has 3 heterocycles. The molecule has 3 rings (SSSR count). The van der Waals surface area contributed by atoms with E-state index in [4.69, 9.17) is 4.52 Å². The molecule has 1 aliphatic heterocycles. The van der Waals surface area contributed by atoms with Crippen LogP contribution in [0.5, 0.6) is 0 Å². The minimum absolute atomic E-state index is 0.0614. The first-order valence-corrected chi connectivity index (χ1v) is 9.05. The molecule has 23 heavy (non-hydrogen) atoms. The Hall–Kier alpha value is -1.73. The lowest BCUT2D eigenvalue weighted by Gasteiger charge is -2.21. The Morgan fingerprint density at radius 3 is 3.22 bits per heavy atom. The summed E-state index contributed by atoms with van der Waals surface area (Å²) in [6, 6.07) is 2.19. The van der Waals surface area contributed by atoms with Crippen LogP contribution in [0.15, 0.2) is 21.3 Å². The molecule has 0 radical (unpaired) electrons. The first-order valence-electron chi connectivity index (χ1n) is 8.10. The fourth-order valence-corrected chi connectivity index (χ4v) is 3.58. The number of thiophene rings is 1. The molecule has 0 unspecified atom stereocenters. The van der Waals surface area contributed by atoms with Gasteiger partial charge in [0.2, 0.25) is 11.8 Å². The van der Waals surface area contributed by atoms with Gasteiger partial charge in [0.15, 0.2) is 5.82 Å². The van der Waals surface area contributed by atoms with Crippen LogP contribution in [0.25, 0.3) is 0 Å². The fraction of sp³-hybridized carbons (Fsp3) is 0.562. The summed E-state index contributed by atoms with van der Waals surface area (Å²) in [7, 11) is 0. The molecule has 0 aromatic carbocycles. The zero-order valence-electron chi connectivity index (χ0n) is 13.3. The molecule has 1 fully saturated rings. The molecule has 1 amide bonds. The third kappa shape index (κ3) is 4.17. The van der Waals surface area contributed by atoms with Crippen molar-refractivity contribution in [2.24, 2.45) is 0 Å². The van der Waals surface area contributed by atoms with Crippen molar-refractivity contribution in [2.75, 3.05) is 19.6 Å². The molecule has 1 N–H and O–H groups in total. The lowest BCUT2D eigenvalue weighted by Crippen LogP contribution is -2.38. The van der Waals surface area contributed by atoms with Crippen LogP contribution >= 0.6 is 11.3 Å². The van der Waals surface area contributed by atoms with E-state index >= 15 is 0 Å². The van der Waals surface area contributed by atoms with Gasteiger partial charge in [-0.05, 0) is 48.2 Å². The number of nitrogens with one attached hydrogen (secondary N) is 1. The first-order chi connectivity index (χ1) is 11.3. The van der Waals surface area contributed by atoms with Crippen LogP contribution < -0.4 is 5.32 Å². The number of rotatable bonds is 7. The fourth-order valence-electron chi connectivity index (χ4n) is 2.88. The van der Waals surface area contributed by atoms with Crippen LogP contribution in [-0.2, 0) is 17.6 Å². The summed E-state index contributed by atoms with van der Waals surface area (Å²) >= 11 is 1.68. The van der Waals surface area contributed by atoms with Crippen molar-refractivity contribution < 1.29 is 9.32 Å². The molecule has 124 valence electrons. The van der Waals surface area contributed by atoms with Crippen LogP contribution in [0.3, 0.4) is 0 Å². The quantitative estimate of drug-likeness (QED) is 0.840. The summed E-state index contributed by atoms with van der Waals surface area (Å²) in [6.07, 6.45) is 3.65. The van der Waals surface area contributed by atoms with E-state index < -0.39 is 0 Å². The summed E-state index contributed by atoms with van der Waals surface area (Å²) in [5, 5.41) is 11.2. The summed E-state index contributed by atoms with van der Waals surface area (Å²) < 4.78 is 5.20. The molecule has 0 aliphatic carbocycles. The predicted molar refractivity (Wildman–Crippen MR) is 88.3 cm³/mol. The van der Waals surface area contributed by atoms with Crippen LogP contribution in [0.2, 0.25) is 0 Å². The molecule has 1 saturated heterocycles. The van der Waals surface area contributed by atoms with Gasteiger partial charge in [0.1, 0.15) is 0 Å². The largest absolute Gasteiger partial charge is 0.355 e. The van der Waals surface area contributed by atoms with Crippen molar-refractivity contribution in [1.29, 1.82) is 0 Å². The van der Waals surface area contributed by atoms with Crippen LogP contribution in [0.1, 0.15) is 43.1 Å². The lowest BCUT2D eigenvalue weighted by atomic mass is 10.2. The Kier molecular flexibility index (Phi) is 5.40. The van der Waals surface area contributed by atoms with Crippen molar-refractivity contribution in [3.63, 3.8) is 0 Å². The average Bonchev–Trinajstić information content (AvgIpc) is 3.28. The Morgan fingerprint density at radius 2 is 2.48 bits per heavy atom. The maximum Gasteiger partial charge on any atom is 0.234 e. The molecular weight excluding hydrogens is 312 g/mol. The third-order valence-electron chi connectivity index (χ3n) is 4.11. The number of nitrogens with zero attached hydrogens (tertiary/aromatic N) is 3. The molecule has 6 nitrogen and oxygen atoms in total. The molecule has 1 aliphatic rings. The lowest BCUT2D eigenvalue weighted by molar-refractivity contribution is -0.122. The van der Waals surface area contributed by atoms with E-state index in [-0.39, 0.29) is 11.9 Å². The average molecular weight is 334 g/mol. The van der Waals surface area contributed by atoms with E-state index in [0.29, 0.717) is 24.8 Å². The zero-order chi connectivity index (χ0) is 16.1. The second kappa shape index (κ2) is 7.70. The van der Waals surface area contributed by atoms with Gasteiger partial charge in [-0.1, -0.05) is 12.1 Å². The molecule has 2 aromatic rings. The predicted octanol–water partition coefficient (Wildman–Crippen LogP) is 2.19. The highest BCUT2D eigenvalue weighted by Gasteiger charge is 2.31. The van der Waals surface area contributed by atoms with Gasteiger partial charge in [-0.25, -0.2) is 0 Å². The van der Waals surface area contributed by atoms with E-state index in [0.717, 1.165) is 32.2 Å². The number of carbonyl (C=O) groups excluding carboxylic acids is 1.